The van der Waals surface area contributed by atoms with Gasteiger partial charge in [0, 0.05) is 13.7 Å². The van der Waals surface area contributed by atoms with Gasteiger partial charge in [0.25, 0.3) is 0 Å². The van der Waals surface area contributed by atoms with Crippen molar-refractivity contribution in [1.82, 2.24) is 4.72 Å². The Hall–Kier alpha value is -0.660. The van der Waals surface area contributed by atoms with Crippen LogP contribution >= 0.6 is 0 Å². The zero-order valence-electron chi connectivity index (χ0n) is 6.61. The van der Waals surface area contributed by atoms with Gasteiger partial charge in [0.05, 0.1) is 6.61 Å². The van der Waals surface area contributed by atoms with Crippen molar-refractivity contribution in [3.8, 4) is 0 Å². The van der Waals surface area contributed by atoms with Crippen molar-refractivity contribution in [1.29, 1.82) is 0 Å². The van der Waals surface area contributed by atoms with Crippen molar-refractivity contribution in [2.75, 3.05) is 26.0 Å². The number of carboxylic acids is 1. The quantitative estimate of drug-likeness (QED) is 0.513. The zero-order valence-corrected chi connectivity index (χ0v) is 7.43. The number of ether oxygens (including phenoxy) is 1. The van der Waals surface area contributed by atoms with Gasteiger partial charge in [-0.05, 0) is 0 Å². The molecule has 12 heavy (non-hydrogen) atoms. The predicted molar refractivity (Wildman–Crippen MR) is 41.3 cm³/mol. The summed E-state index contributed by atoms with van der Waals surface area (Å²) in [5.74, 6) is -2.28. The van der Waals surface area contributed by atoms with E-state index in [0.717, 1.165) is 0 Å². The Bertz CT molecular complexity index is 234. The van der Waals surface area contributed by atoms with Crippen LogP contribution in [0, 0.1) is 0 Å². The minimum atomic E-state index is -3.68. The second kappa shape index (κ2) is 5.07. The maximum absolute atomic E-state index is 10.8. The largest absolute Gasteiger partial charge is 0.480 e. The highest BCUT2D eigenvalue weighted by molar-refractivity contribution is 7.90. The number of aliphatic carboxylic acids is 1. The zero-order chi connectivity index (χ0) is 9.61. The number of rotatable bonds is 6. The highest BCUT2D eigenvalue weighted by Gasteiger charge is 2.13. The van der Waals surface area contributed by atoms with Crippen molar-refractivity contribution in [3.05, 3.63) is 0 Å². The topological polar surface area (TPSA) is 92.7 Å². The molecule has 0 saturated heterocycles. The third kappa shape index (κ3) is 6.08. The van der Waals surface area contributed by atoms with Crippen LogP contribution in [0.5, 0.6) is 0 Å². The maximum Gasteiger partial charge on any atom is 0.320 e. The molecule has 0 aromatic rings. The van der Waals surface area contributed by atoms with E-state index in [4.69, 9.17) is 5.11 Å². The second-order valence-electron chi connectivity index (χ2n) is 2.04. The summed E-state index contributed by atoms with van der Waals surface area (Å²) >= 11 is 0. The minimum absolute atomic E-state index is 0.0894. The van der Waals surface area contributed by atoms with Gasteiger partial charge in [0.1, 0.15) is 0 Å². The Morgan fingerprint density at radius 3 is 2.58 bits per heavy atom. The lowest BCUT2D eigenvalue weighted by atomic mass is 10.7. The molecule has 0 unspecified atom stereocenters. The van der Waals surface area contributed by atoms with E-state index in [1.165, 1.54) is 7.11 Å². The second-order valence-corrected chi connectivity index (χ2v) is 3.85. The average molecular weight is 197 g/mol. The molecule has 0 aliphatic carbocycles. The summed E-state index contributed by atoms with van der Waals surface area (Å²) < 4.78 is 28.2. The fraction of sp³-hybridized carbons (Fsp3) is 0.800. The Kier molecular flexibility index (Phi) is 4.79. The van der Waals surface area contributed by atoms with E-state index in [0.29, 0.717) is 0 Å². The molecular weight excluding hydrogens is 186 g/mol. The summed E-state index contributed by atoms with van der Waals surface area (Å²) in [4.78, 5) is 10.00. The third-order valence-corrected chi connectivity index (χ3v) is 2.21. The molecule has 0 radical (unpaired) electrons. The van der Waals surface area contributed by atoms with E-state index < -0.39 is 21.7 Å². The van der Waals surface area contributed by atoms with E-state index >= 15 is 0 Å². The van der Waals surface area contributed by atoms with Gasteiger partial charge in [-0.2, -0.15) is 0 Å². The molecule has 0 amide bonds. The average Bonchev–Trinajstić information content (AvgIpc) is 1.84. The van der Waals surface area contributed by atoms with Crippen LogP contribution in [0.15, 0.2) is 0 Å². The number of nitrogens with one attached hydrogen (secondary N) is 1. The lowest BCUT2D eigenvalue weighted by Gasteiger charge is -2.02. The number of carboxylic acid groups (broad SMARTS) is 1. The summed E-state index contributed by atoms with van der Waals surface area (Å²) in [6.45, 7) is 0.310. The lowest BCUT2D eigenvalue weighted by molar-refractivity contribution is -0.134. The van der Waals surface area contributed by atoms with E-state index in [1.807, 2.05) is 0 Å². The Labute approximate surface area is 70.6 Å². The lowest BCUT2D eigenvalue weighted by Crippen LogP contribution is -2.32. The van der Waals surface area contributed by atoms with Gasteiger partial charge in [0.2, 0.25) is 10.0 Å². The number of methoxy groups -OCH3 is 1. The van der Waals surface area contributed by atoms with Crippen LogP contribution in [0.1, 0.15) is 0 Å². The summed E-state index contributed by atoms with van der Waals surface area (Å²) in [5, 5.41) is 8.16. The minimum Gasteiger partial charge on any atom is -0.480 e. The Morgan fingerprint density at radius 1 is 1.58 bits per heavy atom. The van der Waals surface area contributed by atoms with E-state index in [1.54, 1.807) is 0 Å². The molecule has 6 nitrogen and oxygen atoms in total. The van der Waals surface area contributed by atoms with Gasteiger partial charge in [-0.15, -0.1) is 0 Å². The van der Waals surface area contributed by atoms with Gasteiger partial charge in [-0.25, -0.2) is 13.1 Å². The van der Waals surface area contributed by atoms with Crippen LogP contribution in [0.3, 0.4) is 0 Å². The maximum atomic E-state index is 10.8. The summed E-state index contributed by atoms with van der Waals surface area (Å²) in [6.07, 6.45) is 0. The summed E-state index contributed by atoms with van der Waals surface area (Å²) in [7, 11) is -2.26. The molecule has 0 bridgehead atoms. The van der Waals surface area contributed by atoms with Crippen LogP contribution in [0.25, 0.3) is 0 Å². The fourth-order valence-electron chi connectivity index (χ4n) is 0.513. The van der Waals surface area contributed by atoms with Gasteiger partial charge in [-0.3, -0.25) is 4.79 Å². The van der Waals surface area contributed by atoms with E-state index in [-0.39, 0.29) is 13.2 Å². The first kappa shape index (κ1) is 11.3. The van der Waals surface area contributed by atoms with Crippen molar-refractivity contribution in [2.24, 2.45) is 0 Å². The third-order valence-electron chi connectivity index (χ3n) is 0.942. The van der Waals surface area contributed by atoms with Crippen molar-refractivity contribution < 1.29 is 23.1 Å². The highest BCUT2D eigenvalue weighted by atomic mass is 32.2. The Balaban J connectivity index is 3.81. The molecule has 0 atom stereocenters. The molecule has 0 saturated carbocycles. The molecule has 0 aliphatic heterocycles. The van der Waals surface area contributed by atoms with Crippen molar-refractivity contribution >= 4 is 16.0 Å². The van der Waals surface area contributed by atoms with Gasteiger partial charge < -0.3 is 9.84 Å². The number of carbonyl (C=O) groups is 1. The highest BCUT2D eigenvalue weighted by Crippen LogP contribution is 1.82. The summed E-state index contributed by atoms with van der Waals surface area (Å²) in [6, 6.07) is 0. The molecule has 2 N–H and O–H groups in total. The molecule has 0 aromatic heterocycles. The molecule has 0 aromatic carbocycles. The predicted octanol–water partition coefficient (Wildman–Crippen LogP) is -1.36. The molecule has 0 rings (SSSR count). The van der Waals surface area contributed by atoms with E-state index in [2.05, 4.69) is 9.46 Å². The van der Waals surface area contributed by atoms with Crippen molar-refractivity contribution in [3.63, 3.8) is 0 Å². The monoisotopic (exact) mass is 197 g/mol. The van der Waals surface area contributed by atoms with E-state index in [9.17, 15) is 13.2 Å². The number of hydrogen-bond donors (Lipinski definition) is 2. The Morgan fingerprint density at radius 2 is 2.17 bits per heavy atom. The van der Waals surface area contributed by atoms with Crippen molar-refractivity contribution in [2.45, 2.75) is 0 Å². The SMILES string of the molecule is COCCNS(=O)(=O)CC(=O)O. The van der Waals surface area contributed by atoms with Gasteiger partial charge in [0.15, 0.2) is 5.75 Å². The fourth-order valence-corrected chi connectivity index (χ4v) is 1.33. The van der Waals surface area contributed by atoms with Crippen LogP contribution in [-0.2, 0) is 19.6 Å². The number of hydrogen-bond acceptors (Lipinski definition) is 4. The number of sulfonamides is 1. The standard InChI is InChI=1S/C5H11NO5S/c1-11-3-2-6-12(9,10)4-5(7)8/h6H,2-4H2,1H3,(H,7,8). The van der Waals surface area contributed by atoms with Crippen LogP contribution in [0.2, 0.25) is 0 Å². The van der Waals surface area contributed by atoms with Gasteiger partial charge >= 0.3 is 5.97 Å². The summed E-state index contributed by atoms with van der Waals surface area (Å²) in [5.41, 5.74) is 0. The molecule has 0 aliphatic rings. The molecule has 72 valence electrons. The smallest absolute Gasteiger partial charge is 0.320 e. The van der Waals surface area contributed by atoms with Crippen LogP contribution in [0.4, 0.5) is 0 Å². The molecule has 0 heterocycles. The van der Waals surface area contributed by atoms with Gasteiger partial charge in [-0.1, -0.05) is 0 Å². The first-order valence-electron chi connectivity index (χ1n) is 3.16. The normalized spacial score (nSPS) is 11.4. The first-order valence-corrected chi connectivity index (χ1v) is 4.81. The molecular formula is C5H11NO5S. The first-order chi connectivity index (χ1) is 5.48. The molecule has 0 fully saturated rings. The van der Waals surface area contributed by atoms with Crippen LogP contribution in [-0.4, -0.2) is 45.5 Å². The van der Waals surface area contributed by atoms with Crippen LogP contribution < -0.4 is 4.72 Å². The molecule has 0 spiro atoms. The molecule has 7 heteroatoms.